The van der Waals surface area contributed by atoms with Crippen LogP contribution >= 0.6 is 0 Å². The second-order valence-corrected chi connectivity index (χ2v) is 4.64. The van der Waals surface area contributed by atoms with E-state index in [-0.39, 0.29) is 26.2 Å². The smallest absolute Gasteiger partial charge is 0.471 e. The fourth-order valence-corrected chi connectivity index (χ4v) is 1.78. The third-order valence-corrected chi connectivity index (χ3v) is 3.12. The molecule has 0 aromatic heterocycles. The molecule has 0 bridgehead atoms. The van der Waals surface area contributed by atoms with Crippen LogP contribution in [0.4, 0.5) is 13.2 Å². The standard InChI is InChI=1S/C10H15F3N2O3/c1-9(2,8(17)18)15-5-3-14(4-6-15)7(16)10(11,12)13/h3-6H2,1-2H3,(H,17,18). The lowest BCUT2D eigenvalue weighted by Gasteiger charge is -2.41. The lowest BCUT2D eigenvalue weighted by Crippen LogP contribution is -2.59. The molecule has 8 heteroatoms. The van der Waals surface area contributed by atoms with Crippen molar-refractivity contribution in [3.8, 4) is 0 Å². The summed E-state index contributed by atoms with van der Waals surface area (Å²) in [4.78, 5) is 24.2. The lowest BCUT2D eigenvalue weighted by molar-refractivity contribution is -0.187. The molecule has 0 atom stereocenters. The van der Waals surface area contributed by atoms with Gasteiger partial charge >= 0.3 is 18.1 Å². The van der Waals surface area contributed by atoms with Crippen LogP contribution in [0.2, 0.25) is 0 Å². The molecule has 1 amide bonds. The van der Waals surface area contributed by atoms with Gasteiger partial charge in [0, 0.05) is 26.2 Å². The Kier molecular flexibility index (Phi) is 3.89. The number of carboxylic acids is 1. The Bertz CT molecular complexity index is 347. The largest absolute Gasteiger partial charge is 0.480 e. The van der Waals surface area contributed by atoms with Crippen LogP contribution in [0.1, 0.15) is 13.8 Å². The van der Waals surface area contributed by atoms with Crippen molar-refractivity contribution in [3.63, 3.8) is 0 Å². The summed E-state index contributed by atoms with van der Waals surface area (Å²) in [5.41, 5.74) is -1.15. The minimum absolute atomic E-state index is 0.112. The van der Waals surface area contributed by atoms with E-state index in [2.05, 4.69) is 0 Å². The number of carbonyl (C=O) groups is 2. The van der Waals surface area contributed by atoms with Crippen molar-refractivity contribution in [1.82, 2.24) is 9.80 Å². The average molecular weight is 268 g/mol. The minimum Gasteiger partial charge on any atom is -0.480 e. The fraction of sp³-hybridized carbons (Fsp3) is 0.800. The molecular weight excluding hydrogens is 253 g/mol. The fourth-order valence-electron chi connectivity index (χ4n) is 1.78. The van der Waals surface area contributed by atoms with E-state index in [4.69, 9.17) is 5.11 Å². The zero-order valence-corrected chi connectivity index (χ0v) is 10.1. The van der Waals surface area contributed by atoms with Gasteiger partial charge in [0.25, 0.3) is 0 Å². The first-order chi connectivity index (χ1) is 8.06. The van der Waals surface area contributed by atoms with Crippen LogP contribution in [-0.2, 0) is 9.59 Å². The molecule has 1 aliphatic heterocycles. The van der Waals surface area contributed by atoms with Gasteiger partial charge in [-0.15, -0.1) is 0 Å². The van der Waals surface area contributed by atoms with Gasteiger partial charge in [-0.1, -0.05) is 0 Å². The molecule has 0 saturated carbocycles. The van der Waals surface area contributed by atoms with Crippen molar-refractivity contribution in [3.05, 3.63) is 0 Å². The molecule has 1 saturated heterocycles. The third kappa shape index (κ3) is 2.92. The molecule has 1 heterocycles. The average Bonchev–Trinajstić information content (AvgIpc) is 2.26. The van der Waals surface area contributed by atoms with Gasteiger partial charge < -0.3 is 10.0 Å². The molecule has 0 radical (unpaired) electrons. The van der Waals surface area contributed by atoms with Gasteiger partial charge in [-0.05, 0) is 13.8 Å². The lowest BCUT2D eigenvalue weighted by atomic mass is 10.0. The highest BCUT2D eigenvalue weighted by Gasteiger charge is 2.44. The molecule has 104 valence electrons. The normalized spacial score (nSPS) is 18.8. The first-order valence-corrected chi connectivity index (χ1v) is 5.41. The van der Waals surface area contributed by atoms with Gasteiger partial charge in [-0.25, -0.2) is 0 Å². The maximum atomic E-state index is 12.2. The topological polar surface area (TPSA) is 60.9 Å². The van der Waals surface area contributed by atoms with Gasteiger partial charge in [-0.3, -0.25) is 14.5 Å². The molecule has 0 aliphatic carbocycles. The first kappa shape index (κ1) is 14.7. The minimum atomic E-state index is -4.87. The van der Waals surface area contributed by atoms with Crippen molar-refractivity contribution < 1.29 is 27.9 Å². The number of rotatable bonds is 2. The number of hydrogen-bond donors (Lipinski definition) is 1. The van der Waals surface area contributed by atoms with Gasteiger partial charge in [0.1, 0.15) is 5.54 Å². The second-order valence-electron chi connectivity index (χ2n) is 4.64. The molecule has 1 rings (SSSR count). The molecule has 18 heavy (non-hydrogen) atoms. The Morgan fingerprint density at radius 2 is 1.50 bits per heavy atom. The summed E-state index contributed by atoms with van der Waals surface area (Å²) in [6.45, 7) is 2.96. The van der Waals surface area contributed by atoms with Crippen molar-refractivity contribution in [2.45, 2.75) is 25.6 Å². The number of halogens is 3. The van der Waals surface area contributed by atoms with Gasteiger partial charge in [-0.2, -0.15) is 13.2 Å². The van der Waals surface area contributed by atoms with Crippen LogP contribution in [0.25, 0.3) is 0 Å². The zero-order valence-electron chi connectivity index (χ0n) is 10.1. The van der Waals surface area contributed by atoms with E-state index < -0.39 is 23.6 Å². The molecular formula is C10H15F3N2O3. The predicted octanol–water partition coefficient (Wildman–Crippen LogP) is 0.556. The summed E-state index contributed by atoms with van der Waals surface area (Å²) in [6.07, 6.45) is -4.87. The Balaban J connectivity index is 2.62. The predicted molar refractivity (Wildman–Crippen MR) is 55.9 cm³/mol. The molecule has 1 fully saturated rings. The summed E-state index contributed by atoms with van der Waals surface area (Å²) in [7, 11) is 0. The zero-order chi connectivity index (χ0) is 14.1. The maximum absolute atomic E-state index is 12.2. The van der Waals surface area contributed by atoms with Crippen molar-refractivity contribution >= 4 is 11.9 Å². The summed E-state index contributed by atoms with van der Waals surface area (Å²) in [5, 5.41) is 9.00. The number of piperazine rings is 1. The van der Waals surface area contributed by atoms with Gasteiger partial charge in [0.15, 0.2) is 0 Å². The second kappa shape index (κ2) is 4.75. The number of hydrogen-bond acceptors (Lipinski definition) is 3. The van der Waals surface area contributed by atoms with Crippen LogP contribution in [0.5, 0.6) is 0 Å². The number of amides is 1. The highest BCUT2D eigenvalue weighted by molar-refractivity contribution is 5.82. The number of aliphatic carboxylic acids is 1. The monoisotopic (exact) mass is 268 g/mol. The first-order valence-electron chi connectivity index (χ1n) is 5.41. The molecule has 0 unspecified atom stereocenters. The molecule has 0 spiro atoms. The van der Waals surface area contributed by atoms with E-state index >= 15 is 0 Å². The molecule has 5 nitrogen and oxygen atoms in total. The van der Waals surface area contributed by atoms with E-state index in [0.717, 1.165) is 0 Å². The SMILES string of the molecule is CC(C)(C(=O)O)N1CCN(C(=O)C(F)(F)F)CC1. The van der Waals surface area contributed by atoms with Crippen LogP contribution in [0.15, 0.2) is 0 Å². The quantitative estimate of drug-likeness (QED) is 0.794. The summed E-state index contributed by atoms with van der Waals surface area (Å²) >= 11 is 0. The van der Waals surface area contributed by atoms with Crippen LogP contribution in [0, 0.1) is 0 Å². The molecule has 0 aromatic carbocycles. The van der Waals surface area contributed by atoms with Gasteiger partial charge in [0.2, 0.25) is 0 Å². The molecule has 1 N–H and O–H groups in total. The van der Waals surface area contributed by atoms with E-state index in [9.17, 15) is 22.8 Å². The summed E-state index contributed by atoms with van der Waals surface area (Å²) < 4.78 is 36.6. The highest BCUT2D eigenvalue weighted by atomic mass is 19.4. The number of nitrogens with zero attached hydrogens (tertiary/aromatic N) is 2. The Morgan fingerprint density at radius 1 is 1.06 bits per heavy atom. The highest BCUT2D eigenvalue weighted by Crippen LogP contribution is 2.22. The van der Waals surface area contributed by atoms with Crippen molar-refractivity contribution in [2.24, 2.45) is 0 Å². The summed E-state index contributed by atoms with van der Waals surface area (Å²) in [6, 6.07) is 0. The Morgan fingerprint density at radius 3 is 1.83 bits per heavy atom. The third-order valence-electron chi connectivity index (χ3n) is 3.12. The van der Waals surface area contributed by atoms with Crippen LogP contribution < -0.4 is 0 Å². The van der Waals surface area contributed by atoms with E-state index in [1.807, 2.05) is 0 Å². The molecule has 1 aliphatic rings. The number of carboxylic acid groups (broad SMARTS) is 1. The Labute approximate surface area is 102 Å². The van der Waals surface area contributed by atoms with Crippen LogP contribution in [0.3, 0.4) is 0 Å². The van der Waals surface area contributed by atoms with E-state index in [1.54, 1.807) is 4.90 Å². The van der Waals surface area contributed by atoms with E-state index in [1.165, 1.54) is 13.8 Å². The number of carbonyl (C=O) groups excluding carboxylic acids is 1. The van der Waals surface area contributed by atoms with Crippen molar-refractivity contribution in [2.75, 3.05) is 26.2 Å². The van der Waals surface area contributed by atoms with Crippen molar-refractivity contribution in [1.29, 1.82) is 0 Å². The molecule has 0 aromatic rings. The Hall–Kier alpha value is -1.31. The van der Waals surface area contributed by atoms with Crippen LogP contribution in [-0.4, -0.2) is 64.7 Å². The summed E-state index contributed by atoms with van der Waals surface area (Å²) in [5.74, 6) is -2.91. The van der Waals surface area contributed by atoms with E-state index in [0.29, 0.717) is 4.90 Å². The van der Waals surface area contributed by atoms with Gasteiger partial charge in [0.05, 0.1) is 0 Å². The number of alkyl halides is 3. The maximum Gasteiger partial charge on any atom is 0.471 e.